The third-order valence-corrected chi connectivity index (χ3v) is 3.38. The van der Waals surface area contributed by atoms with Crippen LogP contribution >= 0.6 is 15.9 Å². The van der Waals surface area contributed by atoms with Crippen LogP contribution in [0.15, 0.2) is 22.7 Å². The summed E-state index contributed by atoms with van der Waals surface area (Å²) in [5, 5.41) is 3.30. The number of ether oxygens (including phenoxy) is 1. The van der Waals surface area contributed by atoms with Crippen molar-refractivity contribution in [2.24, 2.45) is 5.92 Å². The summed E-state index contributed by atoms with van der Waals surface area (Å²) < 4.78 is 19.1. The summed E-state index contributed by atoms with van der Waals surface area (Å²) >= 11 is 3.16. The molecule has 0 bridgehead atoms. The average Bonchev–Trinajstić information content (AvgIpc) is 2.76. The van der Waals surface area contributed by atoms with Gasteiger partial charge in [-0.2, -0.15) is 0 Å². The molecule has 1 aliphatic rings. The van der Waals surface area contributed by atoms with Crippen molar-refractivity contribution in [3.8, 4) is 0 Å². The SMILES string of the molecule is Fc1ccc(COCC2CCNC2)cc1Br. The maximum atomic E-state index is 13.0. The molecular formula is C12H15BrFNO. The first-order valence-electron chi connectivity index (χ1n) is 5.48. The first kappa shape index (κ1) is 12.0. The Bertz CT molecular complexity index is 353. The van der Waals surface area contributed by atoms with Crippen LogP contribution in [0.5, 0.6) is 0 Å². The summed E-state index contributed by atoms with van der Waals surface area (Å²) in [6.45, 7) is 3.47. The molecule has 0 aliphatic carbocycles. The molecule has 0 radical (unpaired) electrons. The van der Waals surface area contributed by atoms with Gasteiger partial charge in [0.15, 0.2) is 0 Å². The van der Waals surface area contributed by atoms with Gasteiger partial charge in [0, 0.05) is 6.54 Å². The number of rotatable bonds is 4. The third kappa shape index (κ3) is 3.27. The summed E-state index contributed by atoms with van der Waals surface area (Å²) in [7, 11) is 0. The Labute approximate surface area is 103 Å². The molecule has 2 nitrogen and oxygen atoms in total. The first-order chi connectivity index (χ1) is 7.75. The van der Waals surface area contributed by atoms with Crippen LogP contribution in [0, 0.1) is 11.7 Å². The van der Waals surface area contributed by atoms with E-state index < -0.39 is 0 Å². The van der Waals surface area contributed by atoms with Gasteiger partial charge in [0.05, 0.1) is 17.7 Å². The summed E-state index contributed by atoms with van der Waals surface area (Å²) in [4.78, 5) is 0. The summed E-state index contributed by atoms with van der Waals surface area (Å²) in [6.07, 6.45) is 1.19. The molecule has 1 atom stereocenters. The van der Waals surface area contributed by atoms with E-state index in [-0.39, 0.29) is 5.82 Å². The van der Waals surface area contributed by atoms with E-state index in [1.54, 1.807) is 12.1 Å². The van der Waals surface area contributed by atoms with Crippen molar-refractivity contribution >= 4 is 15.9 Å². The molecule has 1 N–H and O–H groups in total. The lowest BCUT2D eigenvalue weighted by Gasteiger charge is -2.09. The van der Waals surface area contributed by atoms with Gasteiger partial charge < -0.3 is 10.1 Å². The minimum Gasteiger partial charge on any atom is -0.376 e. The van der Waals surface area contributed by atoms with E-state index in [4.69, 9.17) is 4.74 Å². The molecule has 16 heavy (non-hydrogen) atoms. The van der Waals surface area contributed by atoms with Crippen molar-refractivity contribution in [1.29, 1.82) is 0 Å². The highest BCUT2D eigenvalue weighted by molar-refractivity contribution is 9.10. The van der Waals surface area contributed by atoms with Gasteiger partial charge in [-0.25, -0.2) is 4.39 Å². The van der Waals surface area contributed by atoms with Crippen molar-refractivity contribution < 1.29 is 9.13 Å². The van der Waals surface area contributed by atoms with E-state index in [0.29, 0.717) is 17.0 Å². The third-order valence-electron chi connectivity index (χ3n) is 2.77. The van der Waals surface area contributed by atoms with Crippen molar-refractivity contribution in [3.63, 3.8) is 0 Å². The lowest BCUT2D eigenvalue weighted by Crippen LogP contribution is -2.13. The van der Waals surface area contributed by atoms with Gasteiger partial charge in [-0.1, -0.05) is 6.07 Å². The van der Waals surface area contributed by atoms with Gasteiger partial charge >= 0.3 is 0 Å². The van der Waals surface area contributed by atoms with Crippen LogP contribution in [0.3, 0.4) is 0 Å². The molecule has 4 heteroatoms. The van der Waals surface area contributed by atoms with Crippen LogP contribution in [0.2, 0.25) is 0 Å². The highest BCUT2D eigenvalue weighted by atomic mass is 79.9. The highest BCUT2D eigenvalue weighted by Crippen LogP contribution is 2.17. The van der Waals surface area contributed by atoms with Gasteiger partial charge in [0.25, 0.3) is 0 Å². The minimum absolute atomic E-state index is 0.233. The second-order valence-electron chi connectivity index (χ2n) is 4.12. The number of hydrogen-bond donors (Lipinski definition) is 1. The molecular weight excluding hydrogens is 273 g/mol. The van der Waals surface area contributed by atoms with Crippen LogP contribution in [0.1, 0.15) is 12.0 Å². The molecule has 88 valence electrons. The fraction of sp³-hybridized carbons (Fsp3) is 0.500. The molecule has 0 amide bonds. The van der Waals surface area contributed by atoms with Gasteiger partial charge in [-0.05, 0) is 52.5 Å². The lowest BCUT2D eigenvalue weighted by molar-refractivity contribution is 0.0924. The molecule has 2 rings (SSSR count). The van der Waals surface area contributed by atoms with Gasteiger partial charge in [-0.3, -0.25) is 0 Å². The van der Waals surface area contributed by atoms with Crippen LogP contribution in [-0.4, -0.2) is 19.7 Å². The molecule has 1 heterocycles. The smallest absolute Gasteiger partial charge is 0.137 e. The Morgan fingerprint density at radius 2 is 2.38 bits per heavy atom. The van der Waals surface area contributed by atoms with Crippen molar-refractivity contribution in [2.45, 2.75) is 13.0 Å². The Balaban J connectivity index is 1.78. The van der Waals surface area contributed by atoms with E-state index in [1.165, 1.54) is 12.5 Å². The second-order valence-corrected chi connectivity index (χ2v) is 4.98. The van der Waals surface area contributed by atoms with E-state index in [2.05, 4.69) is 21.2 Å². The summed E-state index contributed by atoms with van der Waals surface area (Å²) in [5.74, 6) is 0.396. The Hall–Kier alpha value is -0.450. The predicted molar refractivity (Wildman–Crippen MR) is 64.7 cm³/mol. The quantitative estimate of drug-likeness (QED) is 0.919. The second kappa shape index (κ2) is 5.75. The average molecular weight is 288 g/mol. The molecule has 1 aromatic rings. The first-order valence-corrected chi connectivity index (χ1v) is 6.27. The maximum Gasteiger partial charge on any atom is 0.137 e. The van der Waals surface area contributed by atoms with Crippen molar-refractivity contribution in [1.82, 2.24) is 5.32 Å². The van der Waals surface area contributed by atoms with E-state index >= 15 is 0 Å². The van der Waals surface area contributed by atoms with E-state index in [0.717, 1.165) is 25.3 Å². The standard InChI is InChI=1S/C12H15BrFNO/c13-11-5-9(1-2-12(11)14)7-16-8-10-3-4-15-6-10/h1-2,5,10,15H,3-4,6-8H2. The fourth-order valence-electron chi connectivity index (χ4n) is 1.83. The fourth-order valence-corrected chi connectivity index (χ4v) is 2.26. The largest absolute Gasteiger partial charge is 0.376 e. The molecule has 0 spiro atoms. The molecule has 1 aromatic carbocycles. The number of benzene rings is 1. The normalized spacial score (nSPS) is 20.2. The zero-order chi connectivity index (χ0) is 11.4. The van der Waals surface area contributed by atoms with Crippen LogP contribution < -0.4 is 5.32 Å². The van der Waals surface area contributed by atoms with Crippen molar-refractivity contribution in [2.75, 3.05) is 19.7 Å². The molecule has 1 aliphatic heterocycles. The minimum atomic E-state index is -0.233. The van der Waals surface area contributed by atoms with E-state index in [1.807, 2.05) is 0 Å². The van der Waals surface area contributed by atoms with Gasteiger partial charge in [0.2, 0.25) is 0 Å². The van der Waals surface area contributed by atoms with Crippen LogP contribution in [0.25, 0.3) is 0 Å². The van der Waals surface area contributed by atoms with Crippen LogP contribution in [0.4, 0.5) is 4.39 Å². The zero-order valence-electron chi connectivity index (χ0n) is 9.01. The monoisotopic (exact) mass is 287 g/mol. The number of nitrogens with one attached hydrogen (secondary N) is 1. The number of hydrogen-bond acceptors (Lipinski definition) is 2. The summed E-state index contributed by atoms with van der Waals surface area (Å²) in [6, 6.07) is 4.98. The highest BCUT2D eigenvalue weighted by Gasteiger charge is 2.14. The Morgan fingerprint density at radius 1 is 1.50 bits per heavy atom. The van der Waals surface area contributed by atoms with E-state index in [9.17, 15) is 4.39 Å². The molecule has 1 unspecified atom stereocenters. The van der Waals surface area contributed by atoms with Crippen LogP contribution in [-0.2, 0) is 11.3 Å². The Morgan fingerprint density at radius 3 is 3.06 bits per heavy atom. The summed E-state index contributed by atoms with van der Waals surface area (Å²) in [5.41, 5.74) is 0.999. The zero-order valence-corrected chi connectivity index (χ0v) is 10.6. The van der Waals surface area contributed by atoms with Crippen molar-refractivity contribution in [3.05, 3.63) is 34.1 Å². The van der Waals surface area contributed by atoms with Gasteiger partial charge in [0.1, 0.15) is 5.82 Å². The molecule has 1 fully saturated rings. The molecule has 1 saturated heterocycles. The Kier molecular flexibility index (Phi) is 4.32. The lowest BCUT2D eigenvalue weighted by atomic mass is 10.1. The van der Waals surface area contributed by atoms with Gasteiger partial charge in [-0.15, -0.1) is 0 Å². The topological polar surface area (TPSA) is 21.3 Å². The number of halogens is 2. The maximum absolute atomic E-state index is 13.0. The predicted octanol–water partition coefficient (Wildman–Crippen LogP) is 2.71. The molecule has 0 aromatic heterocycles. The molecule has 0 saturated carbocycles.